The first kappa shape index (κ1) is 30.9. The first-order chi connectivity index (χ1) is 20.1. The van der Waals surface area contributed by atoms with E-state index in [0.717, 1.165) is 34.9 Å². The highest BCUT2D eigenvalue weighted by atomic mass is 16.2. The summed E-state index contributed by atoms with van der Waals surface area (Å²) >= 11 is 0. The van der Waals surface area contributed by atoms with E-state index in [1.165, 1.54) is 16.7 Å². The molecule has 6 rings (SSSR count). The minimum absolute atomic E-state index is 0.0298. The van der Waals surface area contributed by atoms with Crippen molar-refractivity contribution in [3.8, 4) is 0 Å². The molecule has 0 bridgehead atoms. The third-order valence-electron chi connectivity index (χ3n) is 7.88. The molecule has 4 aromatic rings. The van der Waals surface area contributed by atoms with Gasteiger partial charge in [-0.1, -0.05) is 76.6 Å². The van der Waals surface area contributed by atoms with Gasteiger partial charge in [-0.05, 0) is 67.6 Å². The second-order valence-electron chi connectivity index (χ2n) is 12.1. The summed E-state index contributed by atoms with van der Waals surface area (Å²) in [5.74, 6) is 0.862. The zero-order chi connectivity index (χ0) is 30.5. The van der Waals surface area contributed by atoms with Gasteiger partial charge in [0.1, 0.15) is 5.82 Å². The van der Waals surface area contributed by atoms with Crippen LogP contribution in [0.3, 0.4) is 0 Å². The number of aryl methyl sites for hydroxylation is 1. The van der Waals surface area contributed by atoms with E-state index in [0.29, 0.717) is 25.3 Å². The fraction of sp³-hybridized carbons (Fsp3) is 0.389. The Labute approximate surface area is 250 Å². The number of amides is 2. The van der Waals surface area contributed by atoms with Gasteiger partial charge in [0.05, 0.1) is 5.52 Å². The average molecular weight is 565 g/mol. The van der Waals surface area contributed by atoms with Crippen molar-refractivity contribution in [3.05, 3.63) is 101 Å². The van der Waals surface area contributed by atoms with Gasteiger partial charge in [0, 0.05) is 53.7 Å². The number of anilines is 1. The summed E-state index contributed by atoms with van der Waals surface area (Å²) in [5, 5.41) is 4.00. The van der Waals surface area contributed by atoms with Gasteiger partial charge in [-0.3, -0.25) is 14.6 Å². The van der Waals surface area contributed by atoms with Crippen molar-refractivity contribution in [2.24, 2.45) is 5.41 Å². The van der Waals surface area contributed by atoms with Crippen LogP contribution in [-0.2, 0) is 34.4 Å². The van der Waals surface area contributed by atoms with E-state index in [-0.39, 0.29) is 17.2 Å². The number of carbonyl (C=O) groups excluding carboxylic acids is 2. The molecule has 0 radical (unpaired) electrons. The molecule has 0 saturated carbocycles. The minimum Gasteiger partial charge on any atom is -0.338 e. The number of aromatic nitrogens is 2. The highest BCUT2D eigenvalue weighted by Gasteiger charge is 2.45. The lowest BCUT2D eigenvalue weighted by Gasteiger charge is -2.34. The number of pyridine rings is 2. The molecule has 1 unspecified atom stereocenters. The summed E-state index contributed by atoms with van der Waals surface area (Å²) in [6, 6.07) is 20.8. The quantitative estimate of drug-likeness (QED) is 0.281. The van der Waals surface area contributed by atoms with E-state index < -0.39 is 5.41 Å². The highest BCUT2D eigenvalue weighted by Crippen LogP contribution is 2.47. The van der Waals surface area contributed by atoms with Gasteiger partial charge in [-0.2, -0.15) is 0 Å². The van der Waals surface area contributed by atoms with E-state index in [1.807, 2.05) is 76.9 Å². The third kappa shape index (κ3) is 6.70. The van der Waals surface area contributed by atoms with E-state index in [1.54, 1.807) is 6.20 Å². The highest BCUT2D eigenvalue weighted by molar-refractivity contribution is 5.95. The molecule has 1 spiro atoms. The molecule has 1 aliphatic carbocycles. The third-order valence-corrected chi connectivity index (χ3v) is 7.88. The Bertz CT molecular complexity index is 1560. The molecular formula is C36H44N4O2. The maximum Gasteiger partial charge on any atom is 0.228 e. The molecule has 6 nitrogen and oxygen atoms in total. The van der Waals surface area contributed by atoms with E-state index in [4.69, 9.17) is 4.98 Å². The second kappa shape index (κ2) is 12.8. The van der Waals surface area contributed by atoms with Crippen molar-refractivity contribution in [2.45, 2.75) is 79.7 Å². The number of hydrogen-bond acceptors (Lipinski definition) is 4. The molecule has 2 aromatic heterocycles. The smallest absolute Gasteiger partial charge is 0.228 e. The van der Waals surface area contributed by atoms with E-state index in [9.17, 15) is 9.59 Å². The number of nitrogens with one attached hydrogen (secondary N) is 1. The van der Waals surface area contributed by atoms with Crippen molar-refractivity contribution in [1.29, 1.82) is 0 Å². The Kier molecular flexibility index (Phi) is 9.45. The Hall–Kier alpha value is -4.06. The van der Waals surface area contributed by atoms with Crippen LogP contribution in [0.5, 0.6) is 0 Å². The van der Waals surface area contributed by atoms with Gasteiger partial charge < -0.3 is 10.2 Å². The molecule has 2 amide bonds. The Morgan fingerprint density at radius 3 is 2.26 bits per heavy atom. The van der Waals surface area contributed by atoms with E-state index in [2.05, 4.69) is 53.6 Å². The van der Waals surface area contributed by atoms with Crippen LogP contribution in [-0.4, -0.2) is 33.2 Å². The monoisotopic (exact) mass is 564 g/mol. The van der Waals surface area contributed by atoms with Crippen LogP contribution in [0.25, 0.3) is 10.9 Å². The first-order valence-corrected chi connectivity index (χ1v) is 15.0. The number of hydrogen-bond donors (Lipinski definition) is 1. The topological polar surface area (TPSA) is 75.2 Å². The molecule has 220 valence electrons. The summed E-state index contributed by atoms with van der Waals surface area (Å²) in [6.45, 7) is 15.2. The van der Waals surface area contributed by atoms with Gasteiger partial charge >= 0.3 is 0 Å². The zero-order valence-corrected chi connectivity index (χ0v) is 26.1. The number of carbonyl (C=O) groups is 2. The Morgan fingerprint density at radius 2 is 1.64 bits per heavy atom. The van der Waals surface area contributed by atoms with Crippen LogP contribution in [0.1, 0.15) is 75.8 Å². The molecule has 1 atom stereocenters. The minimum atomic E-state index is -0.410. The molecule has 1 aliphatic heterocycles. The van der Waals surface area contributed by atoms with Crippen LogP contribution >= 0.6 is 0 Å². The van der Waals surface area contributed by atoms with Crippen molar-refractivity contribution in [1.82, 2.24) is 14.9 Å². The SMILES string of the molecule is CC.CCN(Cc1cnc2cc3c(cc2c1)CC1(CC(=O)Nc2ncccc21)C3)C(=O)C(C)(C)C.Cc1ccccc1. The predicted octanol–water partition coefficient (Wildman–Crippen LogP) is 7.42. The van der Waals surface area contributed by atoms with Gasteiger partial charge in [0.2, 0.25) is 11.8 Å². The lowest BCUT2D eigenvalue weighted by Crippen LogP contribution is -2.38. The molecule has 2 aliphatic rings. The van der Waals surface area contributed by atoms with Gasteiger partial charge in [0.25, 0.3) is 0 Å². The molecule has 6 heteroatoms. The van der Waals surface area contributed by atoms with Crippen molar-refractivity contribution < 1.29 is 9.59 Å². The lowest BCUT2D eigenvalue weighted by molar-refractivity contribution is -0.139. The zero-order valence-electron chi connectivity index (χ0n) is 26.1. The fourth-order valence-electron chi connectivity index (χ4n) is 5.90. The van der Waals surface area contributed by atoms with Gasteiger partial charge in [-0.15, -0.1) is 0 Å². The van der Waals surface area contributed by atoms with Crippen LogP contribution in [0, 0.1) is 12.3 Å². The van der Waals surface area contributed by atoms with Gasteiger partial charge in [0.15, 0.2) is 0 Å². The van der Waals surface area contributed by atoms with Crippen LogP contribution in [0.15, 0.2) is 73.1 Å². The normalized spacial score (nSPS) is 16.8. The largest absolute Gasteiger partial charge is 0.338 e. The summed E-state index contributed by atoms with van der Waals surface area (Å²) in [5.41, 5.74) is 6.29. The first-order valence-electron chi connectivity index (χ1n) is 15.0. The number of benzene rings is 2. The molecule has 0 fully saturated rings. The fourth-order valence-corrected chi connectivity index (χ4v) is 5.90. The average Bonchev–Trinajstić information content (AvgIpc) is 3.32. The van der Waals surface area contributed by atoms with Gasteiger partial charge in [-0.25, -0.2) is 4.98 Å². The lowest BCUT2D eigenvalue weighted by atomic mass is 9.73. The Balaban J connectivity index is 0.000000390. The summed E-state index contributed by atoms with van der Waals surface area (Å²) in [6.07, 6.45) is 5.71. The predicted molar refractivity (Wildman–Crippen MR) is 171 cm³/mol. The standard InChI is InChI=1S/C27H30N4O2.C7H8.C2H6/c1-5-31(25(33)26(2,3)4)16-17-9-18-10-19-12-27(13-20(19)11-22(18)29-15-17)14-23(32)30-24-21(27)7-6-8-28-24;1-7-5-3-2-4-6-7;1-2/h6-11,15H,5,12-14,16H2,1-4H3,(H,28,30,32);2-6H,1H3;1-2H3. The molecule has 1 N–H and O–H groups in total. The van der Waals surface area contributed by atoms with Crippen molar-refractivity contribution >= 4 is 28.5 Å². The molecular weight excluding hydrogens is 520 g/mol. The second-order valence-corrected chi connectivity index (χ2v) is 12.1. The molecule has 42 heavy (non-hydrogen) atoms. The summed E-state index contributed by atoms with van der Waals surface area (Å²) < 4.78 is 0. The van der Waals surface area contributed by atoms with Crippen LogP contribution < -0.4 is 5.32 Å². The summed E-state index contributed by atoms with van der Waals surface area (Å²) in [4.78, 5) is 36.3. The Morgan fingerprint density at radius 1 is 0.952 bits per heavy atom. The van der Waals surface area contributed by atoms with Crippen molar-refractivity contribution in [2.75, 3.05) is 11.9 Å². The maximum absolute atomic E-state index is 12.8. The molecule has 2 aromatic carbocycles. The van der Waals surface area contributed by atoms with Crippen molar-refractivity contribution in [3.63, 3.8) is 0 Å². The molecule has 3 heterocycles. The summed E-state index contributed by atoms with van der Waals surface area (Å²) in [7, 11) is 0. The number of nitrogens with zero attached hydrogens (tertiary/aromatic N) is 3. The van der Waals surface area contributed by atoms with Crippen LogP contribution in [0.4, 0.5) is 5.82 Å². The van der Waals surface area contributed by atoms with E-state index >= 15 is 0 Å². The number of fused-ring (bicyclic) bond motifs is 4. The van der Waals surface area contributed by atoms with Crippen LogP contribution in [0.2, 0.25) is 0 Å². The number of rotatable bonds is 3. The maximum atomic E-state index is 12.8. The molecule has 0 saturated heterocycles.